The van der Waals surface area contributed by atoms with Crippen molar-refractivity contribution >= 4 is 17.9 Å². The third-order valence-electron chi connectivity index (χ3n) is 11.9. The van der Waals surface area contributed by atoms with E-state index in [1.807, 2.05) is 0 Å². The van der Waals surface area contributed by atoms with Crippen LogP contribution in [0.15, 0.2) is 85.1 Å². The number of rotatable bonds is 50. The van der Waals surface area contributed by atoms with Crippen LogP contribution in [0.4, 0.5) is 0 Å². The summed E-state index contributed by atoms with van der Waals surface area (Å²) < 4.78 is 16.8. The Morgan fingerprint density at radius 2 is 0.582 bits per heavy atom. The Morgan fingerprint density at radius 1 is 0.313 bits per heavy atom. The molecule has 0 N–H and O–H groups in total. The third kappa shape index (κ3) is 53.4. The van der Waals surface area contributed by atoms with E-state index in [1.54, 1.807) is 0 Å². The molecule has 0 saturated carbocycles. The van der Waals surface area contributed by atoms with Crippen molar-refractivity contribution in [3.05, 3.63) is 85.1 Å². The van der Waals surface area contributed by atoms with E-state index < -0.39 is 6.10 Å². The normalized spacial score (nSPS) is 12.7. The predicted octanol–water partition coefficient (Wildman–Crippen LogP) is 18.8. The van der Waals surface area contributed by atoms with E-state index in [2.05, 4.69) is 106 Å². The summed E-state index contributed by atoms with van der Waals surface area (Å²) in [4.78, 5) is 38.0. The first-order valence-corrected chi connectivity index (χ1v) is 28.1. The second kappa shape index (κ2) is 55.2. The summed E-state index contributed by atoms with van der Waals surface area (Å²) >= 11 is 0. The molecule has 0 aliphatic rings. The van der Waals surface area contributed by atoms with Gasteiger partial charge in [0.1, 0.15) is 13.2 Å². The summed E-state index contributed by atoms with van der Waals surface area (Å²) in [5, 5.41) is 0. The highest BCUT2D eigenvalue weighted by Gasteiger charge is 2.19. The smallest absolute Gasteiger partial charge is 0.306 e. The van der Waals surface area contributed by atoms with Crippen LogP contribution in [0.2, 0.25) is 0 Å². The first-order chi connectivity index (χ1) is 33.0. The summed E-state index contributed by atoms with van der Waals surface area (Å²) in [6.45, 7) is 6.37. The van der Waals surface area contributed by atoms with E-state index in [9.17, 15) is 14.4 Å². The van der Waals surface area contributed by atoms with Crippen LogP contribution in [0, 0.1) is 0 Å². The molecule has 384 valence electrons. The SMILES string of the molecule is CC/C=C\C/C=C\C/C=C\CCCCCC(=O)OCC(COC(=O)CCCCCCCCCCCCC/C=C\CCCCCCCCCC)OC(=O)CCCCC/C=C\C/C=C\C/C=C\CC. The Hall–Kier alpha value is -3.41. The van der Waals surface area contributed by atoms with E-state index in [1.165, 1.54) is 116 Å². The Labute approximate surface area is 414 Å². The highest BCUT2D eigenvalue weighted by molar-refractivity contribution is 5.71. The van der Waals surface area contributed by atoms with Gasteiger partial charge in [-0.3, -0.25) is 14.4 Å². The van der Waals surface area contributed by atoms with Gasteiger partial charge in [0, 0.05) is 19.3 Å². The fourth-order valence-electron chi connectivity index (χ4n) is 7.70. The molecule has 67 heavy (non-hydrogen) atoms. The lowest BCUT2D eigenvalue weighted by atomic mass is 10.0. The molecular formula is C61H104O6. The maximum atomic E-state index is 12.8. The van der Waals surface area contributed by atoms with Gasteiger partial charge in [-0.15, -0.1) is 0 Å². The van der Waals surface area contributed by atoms with E-state index in [4.69, 9.17) is 14.2 Å². The zero-order chi connectivity index (χ0) is 48.6. The molecule has 0 saturated heterocycles. The molecule has 0 bridgehead atoms. The predicted molar refractivity (Wildman–Crippen MR) is 288 cm³/mol. The quantitative estimate of drug-likeness (QED) is 0.0262. The molecule has 0 aliphatic heterocycles. The molecule has 0 aromatic carbocycles. The molecule has 0 radical (unpaired) electrons. The number of hydrogen-bond donors (Lipinski definition) is 0. The molecule has 0 aromatic heterocycles. The van der Waals surface area contributed by atoms with Crippen molar-refractivity contribution in [1.82, 2.24) is 0 Å². The van der Waals surface area contributed by atoms with Crippen LogP contribution in [0.3, 0.4) is 0 Å². The number of ether oxygens (including phenoxy) is 3. The van der Waals surface area contributed by atoms with Crippen molar-refractivity contribution in [3.63, 3.8) is 0 Å². The lowest BCUT2D eigenvalue weighted by Gasteiger charge is -2.18. The standard InChI is InChI=1S/C61H104O6/c1-4-7-10-13-16-19-22-25-26-27-28-29-30-31-32-33-34-37-39-42-45-48-51-54-60(63)66-57-58(67-61(64)55-52-49-46-43-40-36-24-21-18-15-12-9-6-3)56-65-59(62)53-50-47-44-41-38-35-23-20-17-14-11-8-5-2/h8-9,11-12,17-18,20-21,27-28,35-36,38,40,58H,4-7,10,13-16,19,22-26,29-34,37,39,41-57H2,1-3H3/b11-8-,12-9-,20-17-,21-18-,28-27-,38-35-,40-36-. The zero-order valence-electron chi connectivity index (χ0n) is 43.9. The molecule has 0 spiro atoms. The maximum absolute atomic E-state index is 12.8. The lowest BCUT2D eigenvalue weighted by Crippen LogP contribution is -2.30. The summed E-state index contributed by atoms with van der Waals surface area (Å²) in [5.41, 5.74) is 0. The van der Waals surface area contributed by atoms with Crippen LogP contribution >= 0.6 is 0 Å². The first kappa shape index (κ1) is 63.6. The minimum absolute atomic E-state index is 0.0982. The van der Waals surface area contributed by atoms with Crippen molar-refractivity contribution in [3.8, 4) is 0 Å². The first-order valence-electron chi connectivity index (χ1n) is 28.1. The van der Waals surface area contributed by atoms with Gasteiger partial charge in [-0.1, -0.05) is 221 Å². The van der Waals surface area contributed by atoms with Gasteiger partial charge in [0.25, 0.3) is 0 Å². The highest BCUT2D eigenvalue weighted by atomic mass is 16.6. The van der Waals surface area contributed by atoms with Crippen molar-refractivity contribution in [2.24, 2.45) is 0 Å². The van der Waals surface area contributed by atoms with Gasteiger partial charge < -0.3 is 14.2 Å². The van der Waals surface area contributed by atoms with Gasteiger partial charge in [0.15, 0.2) is 6.10 Å². The minimum Gasteiger partial charge on any atom is -0.462 e. The summed E-state index contributed by atoms with van der Waals surface area (Å²) in [5.74, 6) is -0.957. The highest BCUT2D eigenvalue weighted by Crippen LogP contribution is 2.15. The zero-order valence-corrected chi connectivity index (χ0v) is 43.9. The topological polar surface area (TPSA) is 78.9 Å². The van der Waals surface area contributed by atoms with Crippen LogP contribution < -0.4 is 0 Å². The van der Waals surface area contributed by atoms with Crippen molar-refractivity contribution in [2.75, 3.05) is 13.2 Å². The van der Waals surface area contributed by atoms with Crippen molar-refractivity contribution in [1.29, 1.82) is 0 Å². The molecule has 0 fully saturated rings. The number of allylic oxidation sites excluding steroid dienone is 14. The van der Waals surface area contributed by atoms with Gasteiger partial charge in [-0.05, 0) is 109 Å². The van der Waals surface area contributed by atoms with Crippen LogP contribution in [0.5, 0.6) is 0 Å². The van der Waals surface area contributed by atoms with Crippen LogP contribution in [0.25, 0.3) is 0 Å². The monoisotopic (exact) mass is 933 g/mol. The maximum Gasteiger partial charge on any atom is 0.306 e. The molecule has 0 aliphatic carbocycles. The largest absolute Gasteiger partial charge is 0.462 e. The van der Waals surface area contributed by atoms with E-state index in [-0.39, 0.29) is 37.5 Å². The molecule has 0 heterocycles. The molecule has 0 rings (SSSR count). The van der Waals surface area contributed by atoms with Gasteiger partial charge in [0.2, 0.25) is 0 Å². The number of esters is 3. The van der Waals surface area contributed by atoms with E-state index >= 15 is 0 Å². The molecule has 6 heteroatoms. The van der Waals surface area contributed by atoms with Crippen LogP contribution in [-0.4, -0.2) is 37.2 Å². The second-order valence-corrected chi connectivity index (χ2v) is 18.4. The van der Waals surface area contributed by atoms with Gasteiger partial charge in [0.05, 0.1) is 0 Å². The van der Waals surface area contributed by atoms with E-state index in [0.29, 0.717) is 12.8 Å². The molecule has 1 unspecified atom stereocenters. The van der Waals surface area contributed by atoms with Crippen molar-refractivity contribution < 1.29 is 28.6 Å². The number of carbonyl (C=O) groups is 3. The summed E-state index contributed by atoms with van der Waals surface area (Å²) in [6, 6.07) is 0. The fraction of sp³-hybridized carbons (Fsp3) is 0.721. The number of hydrogen-bond acceptors (Lipinski definition) is 6. The summed E-state index contributed by atoms with van der Waals surface area (Å²) in [6.07, 6.45) is 71.6. The van der Waals surface area contributed by atoms with E-state index in [0.717, 1.165) is 109 Å². The molecule has 0 aromatic rings. The number of carbonyl (C=O) groups excluding carboxylic acids is 3. The van der Waals surface area contributed by atoms with Gasteiger partial charge in [-0.2, -0.15) is 0 Å². The average Bonchev–Trinajstić information content (AvgIpc) is 3.33. The lowest BCUT2D eigenvalue weighted by molar-refractivity contribution is -0.167. The van der Waals surface area contributed by atoms with Gasteiger partial charge in [-0.25, -0.2) is 0 Å². The number of unbranched alkanes of at least 4 members (excludes halogenated alkanes) is 25. The van der Waals surface area contributed by atoms with Crippen LogP contribution in [-0.2, 0) is 28.6 Å². The average molecular weight is 933 g/mol. The minimum atomic E-state index is -0.804. The van der Waals surface area contributed by atoms with Crippen LogP contribution in [0.1, 0.15) is 265 Å². The summed E-state index contributed by atoms with van der Waals surface area (Å²) in [7, 11) is 0. The Bertz CT molecular complexity index is 1300. The molecule has 6 nitrogen and oxygen atoms in total. The second-order valence-electron chi connectivity index (χ2n) is 18.4. The third-order valence-corrected chi connectivity index (χ3v) is 11.9. The van der Waals surface area contributed by atoms with Gasteiger partial charge >= 0.3 is 17.9 Å². The fourth-order valence-corrected chi connectivity index (χ4v) is 7.70. The Balaban J connectivity index is 4.33. The molecule has 0 amide bonds. The Morgan fingerprint density at radius 3 is 0.940 bits per heavy atom. The van der Waals surface area contributed by atoms with Crippen molar-refractivity contribution in [2.45, 2.75) is 271 Å². The molecular weight excluding hydrogens is 829 g/mol. The molecule has 1 atom stereocenters. The Kier molecular flexibility index (Phi) is 52.4.